The van der Waals surface area contributed by atoms with E-state index >= 15 is 0 Å². The second-order valence-electron chi connectivity index (χ2n) is 9.51. The van der Waals surface area contributed by atoms with E-state index in [-0.39, 0.29) is 28.7 Å². The molecule has 1 saturated heterocycles. The summed E-state index contributed by atoms with van der Waals surface area (Å²) in [7, 11) is 1.74. The standard InChI is InChI=1S/C25H29NO11/c1-26-13-5-3-2-4-11(13)20(31)18-14(30)7-15-12(19(18)26)6-17(35-15)25(9-28,10-29)37-24-23(34)22(33)21(32)16(8-27)36-24/h2-5,7,16-17,21-24,27-30,32-34H,6,8-10H2,1H3. The number of aliphatic hydroxyl groups excluding tert-OH is 6. The lowest BCUT2D eigenvalue weighted by Gasteiger charge is -2.44. The van der Waals surface area contributed by atoms with Gasteiger partial charge in [-0.15, -0.1) is 0 Å². The van der Waals surface area contributed by atoms with Crippen molar-refractivity contribution < 1.29 is 50.0 Å². The monoisotopic (exact) mass is 519 g/mol. The summed E-state index contributed by atoms with van der Waals surface area (Å²) in [6, 6.07) is 8.24. The van der Waals surface area contributed by atoms with Crippen molar-refractivity contribution in [3.05, 3.63) is 46.1 Å². The third kappa shape index (κ3) is 3.88. The largest absolute Gasteiger partial charge is 0.507 e. The topological polar surface area (TPSA) is 191 Å². The minimum Gasteiger partial charge on any atom is -0.507 e. The summed E-state index contributed by atoms with van der Waals surface area (Å²) >= 11 is 0. The fourth-order valence-corrected chi connectivity index (χ4v) is 5.26. The van der Waals surface area contributed by atoms with E-state index in [1.807, 2.05) is 0 Å². The highest BCUT2D eigenvalue weighted by Gasteiger charge is 2.52. The Kier molecular flexibility index (Phi) is 6.63. The van der Waals surface area contributed by atoms with Crippen LogP contribution in [0.4, 0.5) is 0 Å². The quantitative estimate of drug-likeness (QED) is 0.183. The molecule has 1 fully saturated rings. The van der Waals surface area contributed by atoms with Gasteiger partial charge in [-0.05, 0) is 12.1 Å². The maximum Gasteiger partial charge on any atom is 0.200 e. The second-order valence-corrected chi connectivity index (χ2v) is 9.51. The van der Waals surface area contributed by atoms with Gasteiger partial charge in [0.05, 0.1) is 36.2 Å². The highest BCUT2D eigenvalue weighted by molar-refractivity contribution is 5.99. The Hall–Kier alpha value is -2.81. The number of benzene rings is 2. The predicted octanol–water partition coefficient (Wildman–Crippen LogP) is -1.76. The van der Waals surface area contributed by atoms with Crippen molar-refractivity contribution in [1.82, 2.24) is 4.57 Å². The van der Waals surface area contributed by atoms with E-state index < -0.39 is 62.2 Å². The van der Waals surface area contributed by atoms with Crippen molar-refractivity contribution in [3.63, 3.8) is 0 Å². The van der Waals surface area contributed by atoms with Crippen molar-refractivity contribution in [2.24, 2.45) is 7.05 Å². The molecular formula is C25H29NO11. The number of fused-ring (bicyclic) bond motifs is 4. The molecule has 7 N–H and O–H groups in total. The Balaban J connectivity index is 1.56. The maximum absolute atomic E-state index is 13.2. The molecule has 3 aromatic rings. The molecular weight excluding hydrogens is 490 g/mol. The molecule has 200 valence electrons. The number of rotatable bonds is 6. The lowest BCUT2D eigenvalue weighted by atomic mass is 9.92. The van der Waals surface area contributed by atoms with E-state index in [9.17, 15) is 40.5 Å². The van der Waals surface area contributed by atoms with Gasteiger partial charge < -0.3 is 54.5 Å². The number of aromatic hydroxyl groups is 1. The minimum absolute atomic E-state index is 0.0380. The first-order valence-electron chi connectivity index (χ1n) is 11.8. The molecule has 2 aromatic carbocycles. The number of nitrogens with zero attached hydrogens (tertiary/aromatic N) is 1. The summed E-state index contributed by atoms with van der Waals surface area (Å²) in [4.78, 5) is 13.2. The van der Waals surface area contributed by atoms with Crippen molar-refractivity contribution >= 4 is 21.8 Å². The van der Waals surface area contributed by atoms with Crippen LogP contribution in [0.5, 0.6) is 11.5 Å². The molecule has 1 aromatic heterocycles. The number of aryl methyl sites for hydroxylation is 1. The first kappa shape index (κ1) is 25.8. The molecule has 0 saturated carbocycles. The van der Waals surface area contributed by atoms with E-state index in [1.165, 1.54) is 6.07 Å². The van der Waals surface area contributed by atoms with Crippen molar-refractivity contribution in [1.29, 1.82) is 0 Å². The minimum atomic E-state index is -1.88. The Morgan fingerprint density at radius 3 is 2.46 bits per heavy atom. The van der Waals surface area contributed by atoms with E-state index in [4.69, 9.17) is 14.2 Å². The molecule has 0 spiro atoms. The van der Waals surface area contributed by atoms with Crippen LogP contribution in [0.25, 0.3) is 21.8 Å². The second kappa shape index (κ2) is 9.49. The third-order valence-corrected chi connectivity index (χ3v) is 7.40. The van der Waals surface area contributed by atoms with Gasteiger partial charge in [0.1, 0.15) is 42.0 Å². The van der Waals surface area contributed by atoms with Crippen molar-refractivity contribution in [3.8, 4) is 11.5 Å². The number of phenols is 1. The Morgan fingerprint density at radius 1 is 1.08 bits per heavy atom. The fourth-order valence-electron chi connectivity index (χ4n) is 5.26. The lowest BCUT2D eigenvalue weighted by Crippen LogP contribution is -2.64. The third-order valence-electron chi connectivity index (χ3n) is 7.40. The molecule has 0 aliphatic carbocycles. The van der Waals surface area contributed by atoms with E-state index in [1.54, 1.807) is 35.9 Å². The van der Waals surface area contributed by atoms with Gasteiger partial charge in [0.25, 0.3) is 0 Å². The van der Waals surface area contributed by atoms with Crippen LogP contribution >= 0.6 is 0 Å². The number of phenolic OH excluding ortho intramolecular Hbond substituents is 1. The molecule has 0 amide bonds. The van der Waals surface area contributed by atoms with Crippen LogP contribution in [0, 0.1) is 0 Å². The van der Waals surface area contributed by atoms with Gasteiger partial charge in [-0.1, -0.05) is 12.1 Å². The highest BCUT2D eigenvalue weighted by atomic mass is 16.7. The van der Waals surface area contributed by atoms with Gasteiger partial charge in [0.2, 0.25) is 5.43 Å². The first-order valence-corrected chi connectivity index (χ1v) is 11.8. The average molecular weight is 520 g/mol. The van der Waals surface area contributed by atoms with Gasteiger partial charge in [0.15, 0.2) is 11.9 Å². The van der Waals surface area contributed by atoms with Crippen LogP contribution in [0.1, 0.15) is 5.56 Å². The van der Waals surface area contributed by atoms with Gasteiger partial charge >= 0.3 is 0 Å². The number of hydrogen-bond donors (Lipinski definition) is 7. The normalized spacial score (nSPS) is 28.0. The summed E-state index contributed by atoms with van der Waals surface area (Å²) in [6.45, 7) is -2.29. The molecule has 3 heterocycles. The lowest BCUT2D eigenvalue weighted by molar-refractivity contribution is -0.341. The van der Waals surface area contributed by atoms with Crippen molar-refractivity contribution in [2.75, 3.05) is 19.8 Å². The Bertz CT molecular complexity index is 1380. The molecule has 6 atom stereocenters. The van der Waals surface area contributed by atoms with E-state index in [0.717, 1.165) is 0 Å². The smallest absolute Gasteiger partial charge is 0.200 e. The van der Waals surface area contributed by atoms with Gasteiger partial charge in [-0.3, -0.25) is 4.79 Å². The number of aromatic nitrogens is 1. The zero-order valence-corrected chi connectivity index (χ0v) is 19.9. The van der Waals surface area contributed by atoms with Gasteiger partial charge in [-0.25, -0.2) is 0 Å². The van der Waals surface area contributed by atoms with E-state index in [0.29, 0.717) is 22.0 Å². The van der Waals surface area contributed by atoms with Crippen LogP contribution in [0.15, 0.2) is 35.1 Å². The summed E-state index contributed by atoms with van der Waals surface area (Å²) in [5.41, 5.74) is -0.666. The first-order chi connectivity index (χ1) is 17.7. The summed E-state index contributed by atoms with van der Waals surface area (Å²) in [6.07, 6.45) is -9.04. The van der Waals surface area contributed by atoms with E-state index in [2.05, 4.69) is 0 Å². The van der Waals surface area contributed by atoms with Crippen LogP contribution in [-0.4, -0.2) is 103 Å². The van der Waals surface area contributed by atoms with Crippen LogP contribution in [-0.2, 0) is 22.9 Å². The van der Waals surface area contributed by atoms with Crippen LogP contribution in [0.3, 0.4) is 0 Å². The zero-order valence-electron chi connectivity index (χ0n) is 19.9. The average Bonchev–Trinajstić information content (AvgIpc) is 3.34. The Morgan fingerprint density at radius 2 is 1.78 bits per heavy atom. The molecule has 2 aliphatic heterocycles. The highest BCUT2D eigenvalue weighted by Crippen LogP contribution is 2.43. The molecule has 6 unspecified atom stereocenters. The fraction of sp³-hybridized carbons (Fsp3) is 0.480. The summed E-state index contributed by atoms with van der Waals surface area (Å²) in [5.74, 6) is -0.0850. The van der Waals surface area contributed by atoms with Crippen molar-refractivity contribution in [2.45, 2.75) is 48.8 Å². The number of hydrogen-bond acceptors (Lipinski definition) is 11. The zero-order chi connectivity index (χ0) is 26.6. The number of pyridine rings is 1. The van der Waals surface area contributed by atoms with Gasteiger partial charge in [-0.2, -0.15) is 0 Å². The number of para-hydroxylation sites is 1. The molecule has 12 nitrogen and oxygen atoms in total. The van der Waals surface area contributed by atoms with Gasteiger partial charge in [0, 0.05) is 30.5 Å². The maximum atomic E-state index is 13.2. The molecule has 5 rings (SSSR count). The molecule has 0 radical (unpaired) electrons. The number of ether oxygens (including phenoxy) is 3. The molecule has 2 aliphatic rings. The number of aliphatic hydroxyl groups is 6. The van der Waals surface area contributed by atoms with Crippen LogP contribution in [0.2, 0.25) is 0 Å². The summed E-state index contributed by atoms with van der Waals surface area (Å²) < 4.78 is 19.0. The summed E-state index contributed by atoms with van der Waals surface area (Å²) in [5, 5.41) is 72.0. The van der Waals surface area contributed by atoms with Crippen LogP contribution < -0.4 is 10.2 Å². The molecule has 0 bridgehead atoms. The molecule has 12 heteroatoms. The predicted molar refractivity (Wildman–Crippen MR) is 128 cm³/mol. The Labute approximate surface area is 210 Å². The molecule has 37 heavy (non-hydrogen) atoms. The SMILES string of the molecule is Cn1c2ccccc2c(=O)c2c(O)cc3c(c21)CC(C(CO)(CO)OC1OC(CO)C(O)C(O)C1O)O3.